The number of anilines is 1. The van der Waals surface area contributed by atoms with Crippen LogP contribution in [0.3, 0.4) is 0 Å². The molecule has 9 heteroatoms. The summed E-state index contributed by atoms with van der Waals surface area (Å²) in [5.74, 6) is -0.357. The van der Waals surface area contributed by atoms with Crippen molar-refractivity contribution in [3.8, 4) is 11.4 Å². The predicted molar refractivity (Wildman–Crippen MR) is 101 cm³/mol. The van der Waals surface area contributed by atoms with Crippen molar-refractivity contribution in [3.63, 3.8) is 0 Å². The number of hydrogen-bond donors (Lipinski definition) is 2. The second-order valence-corrected chi connectivity index (χ2v) is 6.59. The first-order valence-electron chi connectivity index (χ1n) is 7.92. The molecule has 3 N–H and O–H groups in total. The number of amides is 2. The van der Waals surface area contributed by atoms with Gasteiger partial charge < -0.3 is 15.6 Å². The lowest BCUT2D eigenvalue weighted by Gasteiger charge is -2.06. The largest absolute Gasteiger partial charge is 0.366 e. The van der Waals surface area contributed by atoms with E-state index in [1.54, 1.807) is 48.0 Å². The van der Waals surface area contributed by atoms with Crippen LogP contribution in [0.1, 0.15) is 10.4 Å². The second-order valence-electron chi connectivity index (χ2n) is 5.65. The highest BCUT2D eigenvalue weighted by Gasteiger charge is 2.13. The third kappa shape index (κ3) is 4.50. The Hall–Kier alpha value is -3.20. The van der Waals surface area contributed by atoms with Gasteiger partial charge in [-0.15, -0.1) is 10.2 Å². The highest BCUT2D eigenvalue weighted by molar-refractivity contribution is 7.99. The molecule has 3 aromatic rings. The zero-order valence-electron chi connectivity index (χ0n) is 14.3. The number of thioether (sulfide) groups is 1. The molecule has 2 aromatic carbocycles. The van der Waals surface area contributed by atoms with Crippen LogP contribution in [0.5, 0.6) is 0 Å². The van der Waals surface area contributed by atoms with E-state index in [1.165, 1.54) is 23.9 Å². The summed E-state index contributed by atoms with van der Waals surface area (Å²) in [5.41, 5.74) is 6.85. The third-order valence-corrected chi connectivity index (χ3v) is 4.74. The van der Waals surface area contributed by atoms with E-state index < -0.39 is 5.91 Å². The van der Waals surface area contributed by atoms with Crippen LogP contribution in [0, 0.1) is 5.82 Å². The highest BCUT2D eigenvalue weighted by Crippen LogP contribution is 2.23. The molecule has 2 amide bonds. The van der Waals surface area contributed by atoms with E-state index in [2.05, 4.69) is 15.5 Å². The van der Waals surface area contributed by atoms with Crippen LogP contribution < -0.4 is 11.1 Å². The summed E-state index contributed by atoms with van der Waals surface area (Å²) < 4.78 is 14.8. The molecule has 138 valence electrons. The number of nitrogens with two attached hydrogens (primary N) is 1. The highest BCUT2D eigenvalue weighted by atomic mass is 32.2. The van der Waals surface area contributed by atoms with E-state index in [0.717, 1.165) is 5.56 Å². The summed E-state index contributed by atoms with van der Waals surface area (Å²) >= 11 is 1.23. The van der Waals surface area contributed by atoms with Crippen LogP contribution in [-0.4, -0.2) is 32.3 Å². The number of primary amides is 1. The maximum absolute atomic E-state index is 13.0. The quantitative estimate of drug-likeness (QED) is 0.635. The van der Waals surface area contributed by atoms with E-state index in [4.69, 9.17) is 5.73 Å². The van der Waals surface area contributed by atoms with Gasteiger partial charge in [0.05, 0.1) is 5.75 Å². The number of hydrogen-bond acceptors (Lipinski definition) is 5. The Labute approximate surface area is 158 Å². The van der Waals surface area contributed by atoms with Crippen molar-refractivity contribution in [3.05, 3.63) is 59.9 Å². The third-order valence-electron chi connectivity index (χ3n) is 3.72. The molecule has 0 saturated carbocycles. The molecule has 1 aromatic heterocycles. The molecule has 0 aliphatic carbocycles. The lowest BCUT2D eigenvalue weighted by atomic mass is 10.2. The minimum atomic E-state index is -0.525. The molecular weight excluding hydrogens is 369 g/mol. The molecule has 0 radical (unpaired) electrons. The first-order chi connectivity index (χ1) is 12.9. The summed E-state index contributed by atoms with van der Waals surface area (Å²) in [6, 6.07) is 12.3. The average Bonchev–Trinajstić information content (AvgIpc) is 3.02. The number of aromatic nitrogens is 3. The zero-order valence-corrected chi connectivity index (χ0v) is 15.2. The Kier molecular flexibility index (Phi) is 5.51. The molecule has 0 aliphatic rings. The molecule has 0 spiro atoms. The van der Waals surface area contributed by atoms with Crippen LogP contribution in [0.2, 0.25) is 0 Å². The van der Waals surface area contributed by atoms with E-state index in [9.17, 15) is 14.0 Å². The number of carbonyl (C=O) groups is 2. The molecule has 0 fully saturated rings. The minimum Gasteiger partial charge on any atom is -0.366 e. The molecule has 0 aliphatic heterocycles. The van der Waals surface area contributed by atoms with Gasteiger partial charge in [0.15, 0.2) is 11.0 Å². The first kappa shape index (κ1) is 18.6. The lowest BCUT2D eigenvalue weighted by molar-refractivity contribution is -0.113. The van der Waals surface area contributed by atoms with Crippen LogP contribution in [0.15, 0.2) is 53.7 Å². The summed E-state index contributed by atoms with van der Waals surface area (Å²) in [5, 5.41) is 11.5. The Bertz CT molecular complexity index is 970. The van der Waals surface area contributed by atoms with Crippen LogP contribution in [-0.2, 0) is 11.8 Å². The molecule has 0 unspecified atom stereocenters. The maximum atomic E-state index is 13.0. The van der Waals surface area contributed by atoms with Gasteiger partial charge in [-0.2, -0.15) is 0 Å². The normalized spacial score (nSPS) is 10.6. The molecule has 0 bridgehead atoms. The van der Waals surface area contributed by atoms with Gasteiger partial charge in [-0.05, 0) is 48.5 Å². The van der Waals surface area contributed by atoms with Crippen molar-refractivity contribution >= 4 is 29.3 Å². The first-order valence-corrected chi connectivity index (χ1v) is 8.90. The van der Waals surface area contributed by atoms with Crippen molar-refractivity contribution in [2.75, 3.05) is 11.1 Å². The Morgan fingerprint density at radius 1 is 1.11 bits per heavy atom. The van der Waals surface area contributed by atoms with Crippen molar-refractivity contribution < 1.29 is 14.0 Å². The molecule has 0 atom stereocenters. The molecule has 27 heavy (non-hydrogen) atoms. The minimum absolute atomic E-state index is 0.132. The van der Waals surface area contributed by atoms with Gasteiger partial charge in [0.2, 0.25) is 11.8 Å². The van der Waals surface area contributed by atoms with Crippen LogP contribution >= 0.6 is 11.8 Å². The van der Waals surface area contributed by atoms with Gasteiger partial charge in [0, 0.05) is 23.9 Å². The van der Waals surface area contributed by atoms with E-state index >= 15 is 0 Å². The number of benzene rings is 2. The zero-order chi connectivity index (χ0) is 19.4. The lowest BCUT2D eigenvalue weighted by Crippen LogP contribution is -2.15. The summed E-state index contributed by atoms with van der Waals surface area (Å²) in [6.45, 7) is 0. The Balaban J connectivity index is 1.60. The Morgan fingerprint density at radius 2 is 1.78 bits per heavy atom. The van der Waals surface area contributed by atoms with E-state index in [-0.39, 0.29) is 17.5 Å². The molecule has 7 nitrogen and oxygen atoms in total. The average molecular weight is 385 g/mol. The fraction of sp³-hybridized carbons (Fsp3) is 0.111. The van der Waals surface area contributed by atoms with Gasteiger partial charge in [0.25, 0.3) is 0 Å². The molecular formula is C18H16FN5O2S. The number of rotatable bonds is 6. The summed E-state index contributed by atoms with van der Waals surface area (Å²) in [4.78, 5) is 23.2. The van der Waals surface area contributed by atoms with Crippen molar-refractivity contribution in [2.24, 2.45) is 12.8 Å². The molecule has 3 rings (SSSR count). The molecule has 0 saturated heterocycles. The maximum Gasteiger partial charge on any atom is 0.248 e. The van der Waals surface area contributed by atoms with Crippen LogP contribution in [0.25, 0.3) is 11.4 Å². The number of carbonyl (C=O) groups excluding carboxylic acids is 2. The van der Waals surface area contributed by atoms with Gasteiger partial charge in [-0.25, -0.2) is 4.39 Å². The topological polar surface area (TPSA) is 103 Å². The van der Waals surface area contributed by atoms with Crippen molar-refractivity contribution in [2.45, 2.75) is 5.16 Å². The monoisotopic (exact) mass is 385 g/mol. The number of nitrogens with one attached hydrogen (secondary N) is 1. The summed E-state index contributed by atoms with van der Waals surface area (Å²) in [7, 11) is 1.78. The van der Waals surface area contributed by atoms with Gasteiger partial charge >= 0.3 is 0 Å². The van der Waals surface area contributed by atoms with E-state index in [0.29, 0.717) is 22.2 Å². The second kappa shape index (κ2) is 8.00. The van der Waals surface area contributed by atoms with Crippen molar-refractivity contribution in [1.29, 1.82) is 0 Å². The number of nitrogens with zero attached hydrogens (tertiary/aromatic N) is 3. The SMILES string of the molecule is Cn1c(SCC(=O)Nc2ccc(C(N)=O)cc2)nnc1-c1ccc(F)cc1. The Morgan fingerprint density at radius 3 is 2.41 bits per heavy atom. The van der Waals surface area contributed by atoms with Gasteiger partial charge in [0.1, 0.15) is 5.82 Å². The van der Waals surface area contributed by atoms with Crippen LogP contribution in [0.4, 0.5) is 10.1 Å². The number of halogens is 1. The van der Waals surface area contributed by atoms with Gasteiger partial charge in [-0.1, -0.05) is 11.8 Å². The molecule has 1 heterocycles. The standard InChI is InChI=1S/C18H16FN5O2S/c1-24-17(12-2-6-13(19)7-3-12)22-23-18(24)27-10-15(25)21-14-8-4-11(5-9-14)16(20)26/h2-9H,10H2,1H3,(H2,20,26)(H,21,25). The summed E-state index contributed by atoms with van der Waals surface area (Å²) in [6.07, 6.45) is 0. The smallest absolute Gasteiger partial charge is 0.248 e. The fourth-order valence-electron chi connectivity index (χ4n) is 2.34. The predicted octanol–water partition coefficient (Wildman–Crippen LogP) is 2.45. The fourth-order valence-corrected chi connectivity index (χ4v) is 3.05. The van der Waals surface area contributed by atoms with Gasteiger partial charge in [-0.3, -0.25) is 9.59 Å². The van der Waals surface area contributed by atoms with Crippen molar-refractivity contribution in [1.82, 2.24) is 14.8 Å². The van der Waals surface area contributed by atoms with E-state index in [1.807, 2.05) is 0 Å².